The summed E-state index contributed by atoms with van der Waals surface area (Å²) >= 11 is 3.45. The highest BCUT2D eigenvalue weighted by atomic mass is 79.9. The van der Waals surface area contributed by atoms with Crippen molar-refractivity contribution in [1.29, 1.82) is 0 Å². The lowest BCUT2D eigenvalue weighted by Crippen LogP contribution is -2.34. The topological polar surface area (TPSA) is 30.5 Å². The van der Waals surface area contributed by atoms with Crippen molar-refractivity contribution in [2.24, 2.45) is 0 Å². The summed E-state index contributed by atoms with van der Waals surface area (Å²) in [5, 5.41) is 3.36. The molecule has 0 aliphatic carbocycles. The average molecular weight is 309 g/mol. The van der Waals surface area contributed by atoms with Crippen LogP contribution in [0, 0.1) is 0 Å². The van der Waals surface area contributed by atoms with Crippen LogP contribution in [0.15, 0.2) is 16.6 Å². The first-order valence-corrected chi connectivity index (χ1v) is 5.70. The molecule has 1 heterocycles. The van der Waals surface area contributed by atoms with Crippen molar-refractivity contribution in [2.75, 3.05) is 20.8 Å². The Balaban J connectivity index is 0.00000128. The molecule has 90 valence electrons. The van der Waals surface area contributed by atoms with Gasteiger partial charge in [-0.1, -0.05) is 0 Å². The molecule has 1 atom stereocenters. The van der Waals surface area contributed by atoms with E-state index in [0.29, 0.717) is 6.04 Å². The van der Waals surface area contributed by atoms with Crippen LogP contribution in [0.3, 0.4) is 0 Å². The van der Waals surface area contributed by atoms with Gasteiger partial charge in [-0.05, 0) is 46.6 Å². The summed E-state index contributed by atoms with van der Waals surface area (Å²) < 4.78 is 11.5. The van der Waals surface area contributed by atoms with Gasteiger partial charge in [-0.25, -0.2) is 0 Å². The molecule has 0 spiro atoms. The first kappa shape index (κ1) is 13.6. The molecular weight excluding hydrogens is 293 g/mol. The highest BCUT2D eigenvalue weighted by Gasteiger charge is 2.21. The van der Waals surface area contributed by atoms with Gasteiger partial charge in [0.05, 0.1) is 14.2 Å². The van der Waals surface area contributed by atoms with Gasteiger partial charge in [0, 0.05) is 6.04 Å². The normalized spacial score (nSPS) is 18.3. The second-order valence-electron chi connectivity index (χ2n) is 3.53. The van der Waals surface area contributed by atoms with E-state index in [0.717, 1.165) is 22.5 Å². The minimum absolute atomic E-state index is 0. The second kappa shape index (κ2) is 5.75. The average Bonchev–Trinajstić information content (AvgIpc) is 2.17. The van der Waals surface area contributed by atoms with Gasteiger partial charge < -0.3 is 14.8 Å². The maximum atomic E-state index is 5.29. The number of ether oxygens (including phenoxy) is 2. The van der Waals surface area contributed by atoms with Crippen LogP contribution in [0.2, 0.25) is 0 Å². The zero-order chi connectivity index (χ0) is 10.8. The predicted octanol–water partition coefficient (Wildman–Crippen LogP) is 2.92. The fourth-order valence-electron chi connectivity index (χ4n) is 1.66. The Morgan fingerprint density at radius 1 is 1.25 bits per heavy atom. The van der Waals surface area contributed by atoms with Crippen molar-refractivity contribution in [3.8, 4) is 11.5 Å². The highest BCUT2D eigenvalue weighted by molar-refractivity contribution is 9.10. The summed E-state index contributed by atoms with van der Waals surface area (Å²) in [5.41, 5.74) is 1.22. The Kier molecular flexibility index (Phi) is 4.89. The van der Waals surface area contributed by atoms with Crippen LogP contribution in [0.5, 0.6) is 11.5 Å². The fourth-order valence-corrected chi connectivity index (χ4v) is 2.22. The molecule has 3 nitrogen and oxygen atoms in total. The second-order valence-corrected chi connectivity index (χ2v) is 4.33. The van der Waals surface area contributed by atoms with Crippen molar-refractivity contribution in [3.63, 3.8) is 0 Å². The summed E-state index contributed by atoms with van der Waals surface area (Å²) in [6.07, 6.45) is 1.17. The van der Waals surface area contributed by atoms with Crippen LogP contribution in [0.25, 0.3) is 0 Å². The molecule has 0 aromatic heterocycles. The van der Waals surface area contributed by atoms with E-state index < -0.39 is 0 Å². The Labute approximate surface area is 110 Å². The number of methoxy groups -OCH3 is 2. The summed E-state index contributed by atoms with van der Waals surface area (Å²) in [5.74, 6) is 1.64. The Hall–Kier alpha value is -0.450. The summed E-state index contributed by atoms with van der Waals surface area (Å²) in [6.45, 7) is 1.09. The third-order valence-corrected chi connectivity index (χ3v) is 3.48. The fraction of sp³-hybridized carbons (Fsp3) is 0.455. The summed E-state index contributed by atoms with van der Waals surface area (Å²) in [4.78, 5) is 0. The molecule has 1 aliphatic rings. The van der Waals surface area contributed by atoms with Crippen LogP contribution in [0.4, 0.5) is 0 Å². The molecule has 1 aromatic rings. The number of nitrogens with one attached hydrogen (secondary N) is 1. The number of halogens is 2. The Morgan fingerprint density at radius 3 is 2.06 bits per heavy atom. The molecule has 1 saturated heterocycles. The minimum atomic E-state index is 0. The Bertz CT molecular complexity index is 344. The van der Waals surface area contributed by atoms with Crippen LogP contribution in [0.1, 0.15) is 18.0 Å². The zero-order valence-electron chi connectivity index (χ0n) is 9.25. The van der Waals surface area contributed by atoms with Crippen molar-refractivity contribution in [1.82, 2.24) is 5.32 Å². The van der Waals surface area contributed by atoms with Crippen LogP contribution in [-0.2, 0) is 0 Å². The molecule has 1 N–H and O–H groups in total. The van der Waals surface area contributed by atoms with E-state index in [1.54, 1.807) is 14.2 Å². The van der Waals surface area contributed by atoms with E-state index in [4.69, 9.17) is 9.47 Å². The maximum absolute atomic E-state index is 5.29. The third kappa shape index (κ3) is 2.44. The van der Waals surface area contributed by atoms with E-state index in [9.17, 15) is 0 Å². The smallest absolute Gasteiger partial charge is 0.137 e. The molecule has 0 amide bonds. The molecular formula is C11H15BrClNO2. The predicted molar refractivity (Wildman–Crippen MR) is 69.9 cm³/mol. The van der Waals surface area contributed by atoms with Crippen molar-refractivity contribution in [2.45, 2.75) is 12.5 Å². The molecule has 5 heteroatoms. The molecule has 0 saturated carbocycles. The quantitative estimate of drug-likeness (QED) is 0.931. The SMILES string of the molecule is COc1cc([C@H]2CCN2)cc(OC)c1Br.Cl. The number of hydrogen-bond donors (Lipinski definition) is 1. The molecule has 0 radical (unpaired) electrons. The number of benzene rings is 1. The van der Waals surface area contributed by atoms with E-state index in [-0.39, 0.29) is 12.4 Å². The minimum Gasteiger partial charge on any atom is -0.495 e. The number of rotatable bonds is 3. The van der Waals surface area contributed by atoms with Gasteiger partial charge in [0.1, 0.15) is 16.0 Å². The lowest BCUT2D eigenvalue weighted by Gasteiger charge is -2.28. The van der Waals surface area contributed by atoms with Crippen LogP contribution >= 0.6 is 28.3 Å². The molecule has 2 rings (SSSR count). The van der Waals surface area contributed by atoms with Gasteiger partial charge in [-0.2, -0.15) is 0 Å². The lowest BCUT2D eigenvalue weighted by atomic mass is 9.97. The van der Waals surface area contributed by atoms with E-state index in [1.807, 2.05) is 12.1 Å². The molecule has 0 bridgehead atoms. The van der Waals surface area contributed by atoms with E-state index in [2.05, 4.69) is 21.2 Å². The monoisotopic (exact) mass is 307 g/mol. The number of hydrogen-bond acceptors (Lipinski definition) is 3. The van der Waals surface area contributed by atoms with Gasteiger partial charge in [-0.15, -0.1) is 12.4 Å². The first-order valence-electron chi connectivity index (χ1n) is 4.91. The molecule has 1 aliphatic heterocycles. The van der Waals surface area contributed by atoms with Crippen molar-refractivity contribution < 1.29 is 9.47 Å². The maximum Gasteiger partial charge on any atom is 0.137 e. The molecule has 1 aromatic carbocycles. The van der Waals surface area contributed by atoms with Gasteiger partial charge in [0.2, 0.25) is 0 Å². The van der Waals surface area contributed by atoms with Gasteiger partial charge in [0.25, 0.3) is 0 Å². The van der Waals surface area contributed by atoms with Crippen molar-refractivity contribution in [3.05, 3.63) is 22.2 Å². The standard InChI is InChI=1S/C11H14BrNO2.ClH/c1-14-9-5-7(8-3-4-13-8)6-10(15-2)11(9)12;/h5-6,8,13H,3-4H2,1-2H3;1H/t8-;/m1./s1. The summed E-state index contributed by atoms with van der Waals surface area (Å²) in [6, 6.07) is 4.54. The zero-order valence-corrected chi connectivity index (χ0v) is 11.7. The van der Waals surface area contributed by atoms with Crippen molar-refractivity contribution >= 4 is 28.3 Å². The van der Waals surface area contributed by atoms with Gasteiger partial charge in [-0.3, -0.25) is 0 Å². The largest absolute Gasteiger partial charge is 0.495 e. The van der Waals surface area contributed by atoms with Gasteiger partial charge >= 0.3 is 0 Å². The molecule has 0 unspecified atom stereocenters. The summed E-state index contributed by atoms with van der Waals surface area (Å²) in [7, 11) is 3.33. The molecule has 16 heavy (non-hydrogen) atoms. The van der Waals surface area contributed by atoms with Crippen LogP contribution in [-0.4, -0.2) is 20.8 Å². The molecule has 1 fully saturated rings. The van der Waals surface area contributed by atoms with E-state index in [1.165, 1.54) is 12.0 Å². The van der Waals surface area contributed by atoms with Crippen LogP contribution < -0.4 is 14.8 Å². The van der Waals surface area contributed by atoms with Gasteiger partial charge in [0.15, 0.2) is 0 Å². The lowest BCUT2D eigenvalue weighted by molar-refractivity contribution is 0.366. The van der Waals surface area contributed by atoms with E-state index >= 15 is 0 Å². The first-order chi connectivity index (χ1) is 7.26. The Morgan fingerprint density at radius 2 is 1.75 bits per heavy atom. The third-order valence-electron chi connectivity index (χ3n) is 2.69. The highest BCUT2D eigenvalue weighted by Crippen LogP contribution is 2.38.